The molecule has 1 unspecified atom stereocenters. The van der Waals surface area contributed by atoms with Crippen LogP contribution in [-0.2, 0) is 0 Å². The van der Waals surface area contributed by atoms with E-state index in [9.17, 15) is 8.78 Å². The van der Waals surface area contributed by atoms with Gasteiger partial charge in [-0.2, -0.15) is 0 Å². The van der Waals surface area contributed by atoms with Gasteiger partial charge in [0.05, 0.1) is 16.1 Å². The predicted molar refractivity (Wildman–Crippen MR) is 78.5 cm³/mol. The van der Waals surface area contributed by atoms with Gasteiger partial charge < -0.3 is 9.73 Å². The maximum Gasteiger partial charge on any atom is 0.140 e. The maximum absolute atomic E-state index is 13.8. The SMILES string of the molecule is CCCNC(C)c1ccc(-c2cc(Br)c(F)cc2F)o1. The number of benzene rings is 1. The molecule has 1 atom stereocenters. The minimum atomic E-state index is -0.638. The summed E-state index contributed by atoms with van der Waals surface area (Å²) in [5.74, 6) is -0.145. The molecule has 2 aromatic rings. The summed E-state index contributed by atoms with van der Waals surface area (Å²) in [6, 6.07) is 5.79. The minimum absolute atomic E-state index is 0.0515. The third-order valence-corrected chi connectivity index (χ3v) is 3.64. The Kier molecular flexibility index (Phi) is 4.94. The van der Waals surface area contributed by atoms with Crippen LogP contribution in [0.15, 0.2) is 33.2 Å². The Labute approximate surface area is 125 Å². The normalized spacial score (nSPS) is 12.7. The van der Waals surface area contributed by atoms with E-state index in [0.29, 0.717) is 5.76 Å². The highest BCUT2D eigenvalue weighted by atomic mass is 79.9. The lowest BCUT2D eigenvalue weighted by Gasteiger charge is -2.10. The second kappa shape index (κ2) is 6.50. The van der Waals surface area contributed by atoms with E-state index in [0.717, 1.165) is 24.8 Å². The van der Waals surface area contributed by atoms with Crippen molar-refractivity contribution in [3.8, 4) is 11.3 Å². The Morgan fingerprint density at radius 2 is 2.00 bits per heavy atom. The molecule has 1 aromatic heterocycles. The summed E-state index contributed by atoms with van der Waals surface area (Å²) in [6.45, 7) is 4.95. The van der Waals surface area contributed by atoms with Crippen molar-refractivity contribution in [2.45, 2.75) is 26.3 Å². The molecule has 1 heterocycles. The molecule has 2 nitrogen and oxygen atoms in total. The average Bonchev–Trinajstić information content (AvgIpc) is 2.89. The topological polar surface area (TPSA) is 25.2 Å². The van der Waals surface area contributed by atoms with Crippen molar-refractivity contribution in [1.29, 1.82) is 0 Å². The molecule has 0 fully saturated rings. The first kappa shape index (κ1) is 15.2. The number of hydrogen-bond donors (Lipinski definition) is 1. The first-order valence-corrected chi connectivity index (χ1v) is 7.30. The second-order valence-electron chi connectivity index (χ2n) is 4.62. The molecule has 0 spiro atoms. The van der Waals surface area contributed by atoms with Gasteiger partial charge in [-0.3, -0.25) is 0 Å². The molecule has 0 aliphatic carbocycles. The largest absolute Gasteiger partial charge is 0.459 e. The number of furan rings is 1. The van der Waals surface area contributed by atoms with Crippen LogP contribution in [-0.4, -0.2) is 6.54 Å². The molecule has 0 saturated carbocycles. The molecular weight excluding hydrogens is 328 g/mol. The van der Waals surface area contributed by atoms with Gasteiger partial charge in [0.15, 0.2) is 0 Å². The van der Waals surface area contributed by atoms with Gasteiger partial charge in [-0.15, -0.1) is 0 Å². The first-order valence-electron chi connectivity index (χ1n) is 6.51. The van der Waals surface area contributed by atoms with Crippen LogP contribution in [0.25, 0.3) is 11.3 Å². The van der Waals surface area contributed by atoms with Gasteiger partial charge in [0.25, 0.3) is 0 Å². The zero-order chi connectivity index (χ0) is 14.7. The lowest BCUT2D eigenvalue weighted by Crippen LogP contribution is -2.18. The van der Waals surface area contributed by atoms with Crippen LogP contribution in [0.3, 0.4) is 0 Å². The summed E-state index contributed by atoms with van der Waals surface area (Å²) >= 11 is 3.05. The predicted octanol–water partition coefficient (Wildman–Crippen LogP) is 5.05. The van der Waals surface area contributed by atoms with Crippen molar-refractivity contribution in [3.05, 3.63) is 46.1 Å². The van der Waals surface area contributed by atoms with Crippen molar-refractivity contribution in [2.24, 2.45) is 0 Å². The van der Waals surface area contributed by atoms with E-state index in [-0.39, 0.29) is 16.1 Å². The Bertz CT molecular complexity index is 598. The van der Waals surface area contributed by atoms with Gasteiger partial charge >= 0.3 is 0 Å². The van der Waals surface area contributed by atoms with Crippen LogP contribution in [0.1, 0.15) is 32.1 Å². The quantitative estimate of drug-likeness (QED) is 0.768. The Hall–Kier alpha value is -1.20. The monoisotopic (exact) mass is 343 g/mol. The molecule has 0 bridgehead atoms. The molecule has 2 rings (SSSR count). The molecule has 5 heteroatoms. The van der Waals surface area contributed by atoms with Crippen LogP contribution in [0, 0.1) is 11.6 Å². The fourth-order valence-corrected chi connectivity index (χ4v) is 2.25. The molecule has 0 aliphatic rings. The molecule has 0 aliphatic heterocycles. The summed E-state index contributed by atoms with van der Waals surface area (Å²) in [4.78, 5) is 0. The molecule has 0 radical (unpaired) electrons. The van der Waals surface area contributed by atoms with Crippen LogP contribution in [0.5, 0.6) is 0 Å². The fourth-order valence-electron chi connectivity index (χ4n) is 1.90. The van der Waals surface area contributed by atoms with E-state index >= 15 is 0 Å². The highest BCUT2D eigenvalue weighted by molar-refractivity contribution is 9.10. The number of nitrogens with one attached hydrogen (secondary N) is 1. The molecule has 1 aromatic carbocycles. The van der Waals surface area contributed by atoms with Crippen LogP contribution >= 0.6 is 15.9 Å². The van der Waals surface area contributed by atoms with Crippen LogP contribution in [0.4, 0.5) is 8.78 Å². The fraction of sp³-hybridized carbons (Fsp3) is 0.333. The Morgan fingerprint density at radius 1 is 1.25 bits per heavy atom. The average molecular weight is 344 g/mol. The second-order valence-corrected chi connectivity index (χ2v) is 5.48. The molecule has 20 heavy (non-hydrogen) atoms. The Balaban J connectivity index is 2.27. The lowest BCUT2D eigenvalue weighted by molar-refractivity contribution is 0.437. The summed E-state index contributed by atoms with van der Waals surface area (Å²) in [6.07, 6.45) is 1.03. The highest BCUT2D eigenvalue weighted by Crippen LogP contribution is 2.31. The molecule has 108 valence electrons. The van der Waals surface area contributed by atoms with E-state index in [2.05, 4.69) is 28.2 Å². The van der Waals surface area contributed by atoms with Crippen LogP contribution in [0.2, 0.25) is 0 Å². The lowest BCUT2D eigenvalue weighted by atomic mass is 10.1. The molecule has 0 amide bonds. The summed E-state index contributed by atoms with van der Waals surface area (Å²) in [5, 5.41) is 3.29. The maximum atomic E-state index is 13.8. The van der Waals surface area contributed by atoms with Crippen molar-refractivity contribution >= 4 is 15.9 Å². The van der Waals surface area contributed by atoms with Gasteiger partial charge in [-0.05, 0) is 54.0 Å². The standard InChI is InChI=1S/C15H16BrF2NO/c1-3-6-19-9(2)14-4-5-15(20-14)10-7-11(16)13(18)8-12(10)17/h4-5,7-9,19H,3,6H2,1-2H3. The van der Waals surface area contributed by atoms with Gasteiger partial charge in [0.2, 0.25) is 0 Å². The summed E-state index contributed by atoms with van der Waals surface area (Å²) in [5.41, 5.74) is 0.243. The van der Waals surface area contributed by atoms with Crippen LogP contribution < -0.4 is 5.32 Å². The Morgan fingerprint density at radius 3 is 2.70 bits per heavy atom. The number of rotatable bonds is 5. The minimum Gasteiger partial charge on any atom is -0.459 e. The van der Waals surface area contributed by atoms with E-state index in [1.54, 1.807) is 12.1 Å². The zero-order valence-corrected chi connectivity index (χ0v) is 12.9. The molecule has 0 saturated heterocycles. The van der Waals surface area contributed by atoms with E-state index in [1.165, 1.54) is 6.07 Å². The van der Waals surface area contributed by atoms with E-state index in [1.807, 2.05) is 6.92 Å². The van der Waals surface area contributed by atoms with Gasteiger partial charge in [-0.25, -0.2) is 8.78 Å². The van der Waals surface area contributed by atoms with Gasteiger partial charge in [0, 0.05) is 6.07 Å². The van der Waals surface area contributed by atoms with E-state index < -0.39 is 11.6 Å². The van der Waals surface area contributed by atoms with Crippen molar-refractivity contribution in [2.75, 3.05) is 6.54 Å². The van der Waals surface area contributed by atoms with Gasteiger partial charge in [0.1, 0.15) is 23.2 Å². The highest BCUT2D eigenvalue weighted by Gasteiger charge is 2.15. The zero-order valence-electron chi connectivity index (χ0n) is 11.3. The third-order valence-electron chi connectivity index (χ3n) is 3.03. The van der Waals surface area contributed by atoms with Gasteiger partial charge in [-0.1, -0.05) is 6.92 Å². The number of hydrogen-bond acceptors (Lipinski definition) is 2. The summed E-state index contributed by atoms with van der Waals surface area (Å²) < 4.78 is 32.9. The molecule has 1 N–H and O–H groups in total. The summed E-state index contributed by atoms with van der Waals surface area (Å²) in [7, 11) is 0. The number of halogens is 3. The van der Waals surface area contributed by atoms with E-state index in [4.69, 9.17) is 4.42 Å². The third kappa shape index (κ3) is 3.27. The van der Waals surface area contributed by atoms with Crippen molar-refractivity contribution in [3.63, 3.8) is 0 Å². The molecular formula is C15H16BrF2NO. The smallest absolute Gasteiger partial charge is 0.140 e. The van der Waals surface area contributed by atoms with Crippen molar-refractivity contribution < 1.29 is 13.2 Å². The first-order chi connectivity index (χ1) is 9.52. The van der Waals surface area contributed by atoms with Crippen molar-refractivity contribution in [1.82, 2.24) is 5.32 Å².